The quantitative estimate of drug-likeness (QED) is 0.438. The minimum Gasteiger partial charge on any atom is -0.444 e. The van der Waals surface area contributed by atoms with Crippen LogP contribution in [0.5, 0.6) is 0 Å². The normalized spacial score (nSPS) is 18.7. The molecule has 1 aliphatic heterocycles. The summed E-state index contributed by atoms with van der Waals surface area (Å²) in [5.74, 6) is 1.79. The van der Waals surface area contributed by atoms with E-state index in [-0.39, 0.29) is 18.4 Å². The average molecular weight is 388 g/mol. The van der Waals surface area contributed by atoms with E-state index in [1.54, 1.807) is 7.05 Å². The highest BCUT2D eigenvalue weighted by atomic mass is 32.2. The maximum absolute atomic E-state index is 12.1. The molecule has 0 radical (unpaired) electrons. The van der Waals surface area contributed by atoms with Crippen LogP contribution in [0, 0.1) is 13.8 Å². The van der Waals surface area contributed by atoms with Gasteiger partial charge in [-0.15, -0.1) is 0 Å². The van der Waals surface area contributed by atoms with Crippen molar-refractivity contribution in [3.05, 3.63) is 17.3 Å². The molecule has 1 aromatic rings. The van der Waals surface area contributed by atoms with Crippen LogP contribution in [-0.2, 0) is 21.3 Å². The largest absolute Gasteiger partial charge is 0.444 e. The lowest BCUT2D eigenvalue weighted by molar-refractivity contribution is 0.0200. The molecule has 26 heavy (non-hydrogen) atoms. The third-order valence-electron chi connectivity index (χ3n) is 4.17. The van der Waals surface area contributed by atoms with Crippen molar-refractivity contribution in [3.8, 4) is 0 Å². The van der Waals surface area contributed by atoms with Crippen LogP contribution < -0.4 is 15.4 Å². The number of aromatic nitrogens is 1. The van der Waals surface area contributed by atoms with Crippen LogP contribution in [0.2, 0.25) is 0 Å². The first-order valence-electron chi connectivity index (χ1n) is 8.86. The Hall–Kier alpha value is -1.65. The highest BCUT2D eigenvalue weighted by molar-refractivity contribution is 7.89. The second-order valence-electron chi connectivity index (χ2n) is 6.26. The molecule has 2 rings (SSSR count). The van der Waals surface area contributed by atoms with Crippen LogP contribution in [0.3, 0.4) is 0 Å². The molecule has 1 unspecified atom stereocenters. The van der Waals surface area contributed by atoms with Crippen LogP contribution in [0.25, 0.3) is 0 Å². The standard InChI is InChI=1S/C16H29N5O4S/c1-12-13(2)25-15(21-12)11-19-16(17-3)18-7-9-26(22,23)20-10-14-6-4-5-8-24-14/h14,20H,4-11H2,1-3H3,(H2,17,18,19). The molecule has 10 heteroatoms. The number of oxazole rings is 1. The number of guanidine groups is 1. The molecule has 1 fully saturated rings. The Morgan fingerprint density at radius 1 is 1.31 bits per heavy atom. The summed E-state index contributed by atoms with van der Waals surface area (Å²) in [6.07, 6.45) is 3.01. The molecule has 1 saturated heterocycles. The molecule has 1 aliphatic rings. The van der Waals surface area contributed by atoms with E-state index in [1.807, 2.05) is 13.8 Å². The first-order valence-corrected chi connectivity index (χ1v) is 10.5. The van der Waals surface area contributed by atoms with E-state index >= 15 is 0 Å². The zero-order valence-corrected chi connectivity index (χ0v) is 16.5. The predicted molar refractivity (Wildman–Crippen MR) is 99.6 cm³/mol. The summed E-state index contributed by atoms with van der Waals surface area (Å²) in [5.41, 5.74) is 0.851. The van der Waals surface area contributed by atoms with Crippen molar-refractivity contribution in [3.63, 3.8) is 0 Å². The summed E-state index contributed by atoms with van der Waals surface area (Å²) < 4.78 is 37.8. The third kappa shape index (κ3) is 6.93. The topological polar surface area (TPSA) is 118 Å². The zero-order valence-electron chi connectivity index (χ0n) is 15.7. The van der Waals surface area contributed by atoms with Crippen LogP contribution in [0.4, 0.5) is 0 Å². The fourth-order valence-corrected chi connectivity index (χ4v) is 3.51. The van der Waals surface area contributed by atoms with E-state index < -0.39 is 10.0 Å². The van der Waals surface area contributed by atoms with Gasteiger partial charge in [0.25, 0.3) is 0 Å². The minimum absolute atomic E-state index is 0.0198. The van der Waals surface area contributed by atoms with Gasteiger partial charge >= 0.3 is 0 Å². The number of aryl methyl sites for hydroxylation is 2. The molecule has 0 amide bonds. The van der Waals surface area contributed by atoms with Crippen LogP contribution in [0.15, 0.2) is 9.41 Å². The van der Waals surface area contributed by atoms with Crippen LogP contribution in [-0.4, -0.2) is 58.0 Å². The Morgan fingerprint density at radius 2 is 2.12 bits per heavy atom. The Kier molecular flexibility index (Phi) is 7.85. The zero-order chi connectivity index (χ0) is 19.0. The van der Waals surface area contributed by atoms with Gasteiger partial charge in [0.1, 0.15) is 5.76 Å². The predicted octanol–water partition coefficient (Wildman–Crippen LogP) is 0.445. The van der Waals surface area contributed by atoms with Gasteiger partial charge in [0.15, 0.2) is 5.96 Å². The number of hydrogen-bond donors (Lipinski definition) is 3. The van der Waals surface area contributed by atoms with E-state index in [0.29, 0.717) is 31.5 Å². The van der Waals surface area contributed by atoms with Gasteiger partial charge in [-0.05, 0) is 33.1 Å². The Labute approximate surface area is 155 Å². The highest BCUT2D eigenvalue weighted by Gasteiger charge is 2.17. The number of ether oxygens (including phenoxy) is 1. The smallest absolute Gasteiger partial charge is 0.214 e. The molecule has 0 aliphatic carbocycles. The van der Waals surface area contributed by atoms with E-state index in [2.05, 4.69) is 25.3 Å². The van der Waals surface area contributed by atoms with Crippen LogP contribution >= 0.6 is 0 Å². The Morgan fingerprint density at radius 3 is 2.73 bits per heavy atom. The molecular weight excluding hydrogens is 358 g/mol. The summed E-state index contributed by atoms with van der Waals surface area (Å²) >= 11 is 0. The number of nitrogens with one attached hydrogen (secondary N) is 3. The summed E-state index contributed by atoms with van der Waals surface area (Å²) in [4.78, 5) is 8.34. The maximum Gasteiger partial charge on any atom is 0.214 e. The maximum atomic E-state index is 12.1. The first kappa shape index (κ1) is 20.7. The number of hydrogen-bond acceptors (Lipinski definition) is 6. The molecule has 0 aromatic carbocycles. The van der Waals surface area contributed by atoms with Crippen molar-refractivity contribution in [2.75, 3.05) is 32.5 Å². The molecule has 3 N–H and O–H groups in total. The molecule has 0 saturated carbocycles. The number of aliphatic imine (C=N–C) groups is 1. The van der Waals surface area contributed by atoms with Gasteiger partial charge in [0.05, 0.1) is 24.1 Å². The van der Waals surface area contributed by atoms with Crippen molar-refractivity contribution < 1.29 is 17.6 Å². The van der Waals surface area contributed by atoms with Gasteiger partial charge in [-0.1, -0.05) is 0 Å². The van der Waals surface area contributed by atoms with Crippen molar-refractivity contribution in [2.24, 2.45) is 4.99 Å². The highest BCUT2D eigenvalue weighted by Crippen LogP contribution is 2.11. The van der Waals surface area contributed by atoms with Crippen molar-refractivity contribution in [1.29, 1.82) is 0 Å². The molecule has 1 atom stereocenters. The fraction of sp³-hybridized carbons (Fsp3) is 0.750. The number of nitrogens with zero attached hydrogens (tertiary/aromatic N) is 2. The molecule has 2 heterocycles. The average Bonchev–Trinajstić information content (AvgIpc) is 2.95. The van der Waals surface area contributed by atoms with E-state index in [9.17, 15) is 8.42 Å². The molecule has 9 nitrogen and oxygen atoms in total. The van der Waals surface area contributed by atoms with Crippen molar-refractivity contribution in [1.82, 2.24) is 20.3 Å². The molecule has 0 bridgehead atoms. The molecule has 0 spiro atoms. The van der Waals surface area contributed by atoms with Crippen molar-refractivity contribution in [2.45, 2.75) is 45.8 Å². The van der Waals surface area contributed by atoms with Crippen molar-refractivity contribution >= 4 is 16.0 Å². The van der Waals surface area contributed by atoms with Gasteiger partial charge in [-0.3, -0.25) is 4.99 Å². The molecule has 1 aromatic heterocycles. The second-order valence-corrected chi connectivity index (χ2v) is 8.18. The number of rotatable bonds is 8. The Bertz CT molecular complexity index is 676. The summed E-state index contributed by atoms with van der Waals surface area (Å²) in [7, 11) is -1.74. The molecule has 148 valence electrons. The molecular formula is C16H29N5O4S. The fourth-order valence-electron chi connectivity index (χ4n) is 2.56. The van der Waals surface area contributed by atoms with E-state index in [4.69, 9.17) is 9.15 Å². The number of sulfonamides is 1. The lowest BCUT2D eigenvalue weighted by Gasteiger charge is -2.22. The van der Waals surface area contributed by atoms with Gasteiger partial charge in [-0.25, -0.2) is 18.1 Å². The van der Waals surface area contributed by atoms with Gasteiger partial charge < -0.3 is 19.8 Å². The van der Waals surface area contributed by atoms with Gasteiger partial charge in [-0.2, -0.15) is 0 Å². The Balaban J connectivity index is 1.68. The second kappa shape index (κ2) is 9.89. The first-order chi connectivity index (χ1) is 12.4. The summed E-state index contributed by atoms with van der Waals surface area (Å²) in [6, 6.07) is 0. The lowest BCUT2D eigenvalue weighted by Crippen LogP contribution is -2.42. The minimum atomic E-state index is -3.36. The van der Waals surface area contributed by atoms with Crippen LogP contribution in [0.1, 0.15) is 36.6 Å². The third-order valence-corrected chi connectivity index (χ3v) is 5.52. The van der Waals surface area contributed by atoms with Gasteiger partial charge in [0.2, 0.25) is 15.9 Å². The summed E-state index contributed by atoms with van der Waals surface area (Å²) in [5, 5.41) is 6.02. The van der Waals surface area contributed by atoms with E-state index in [1.165, 1.54) is 0 Å². The summed E-state index contributed by atoms with van der Waals surface area (Å²) in [6.45, 7) is 5.39. The SMILES string of the molecule is CN=C(NCCS(=O)(=O)NCC1CCCCO1)NCc1nc(C)c(C)o1. The monoisotopic (exact) mass is 387 g/mol. The van der Waals surface area contributed by atoms with E-state index in [0.717, 1.165) is 30.7 Å². The lowest BCUT2D eigenvalue weighted by atomic mass is 10.1. The van der Waals surface area contributed by atoms with Gasteiger partial charge in [0, 0.05) is 26.7 Å².